The molecule has 0 saturated carbocycles. The van der Waals surface area contributed by atoms with Crippen molar-refractivity contribution in [1.82, 2.24) is 0 Å². The number of carbonyl (C=O) groups excluding carboxylic acids is 1. The van der Waals surface area contributed by atoms with Crippen molar-refractivity contribution in [3.8, 4) is 5.69 Å². The number of benzene rings is 1. The van der Waals surface area contributed by atoms with Crippen LogP contribution in [0, 0.1) is 0 Å². The molecule has 2 nitrogen and oxygen atoms in total. The van der Waals surface area contributed by atoms with Crippen LogP contribution < -0.4 is 4.57 Å². The molecule has 1 aromatic carbocycles. The molecule has 0 aliphatic heterocycles. The molecule has 0 aliphatic rings. The molecule has 1 aromatic heterocycles. The lowest BCUT2D eigenvalue weighted by Gasteiger charge is -1.94. The highest BCUT2D eigenvalue weighted by Crippen LogP contribution is 2.01. The number of hydrogen-bond donors (Lipinski definition) is 0. The van der Waals surface area contributed by atoms with Crippen molar-refractivity contribution in [3.05, 3.63) is 60.4 Å². The van der Waals surface area contributed by atoms with Crippen LogP contribution in [0.25, 0.3) is 5.69 Å². The van der Waals surface area contributed by atoms with Crippen molar-refractivity contribution < 1.29 is 9.36 Å². The Hall–Kier alpha value is -1.96. The summed E-state index contributed by atoms with van der Waals surface area (Å²) in [4.78, 5) is 10.4. The lowest BCUT2D eigenvalue weighted by atomic mass is 10.2. The molecule has 0 N–H and O–H groups in total. The van der Waals surface area contributed by atoms with Crippen molar-refractivity contribution in [2.75, 3.05) is 0 Å². The Balaban J connectivity index is 2.39. The van der Waals surface area contributed by atoms with E-state index in [0.717, 1.165) is 12.0 Å². The predicted octanol–water partition coefficient (Wildman–Crippen LogP) is 1.78. The minimum atomic E-state index is 0.699. The van der Waals surface area contributed by atoms with Crippen LogP contribution in [0.5, 0.6) is 0 Å². The number of aromatic nitrogens is 1. The zero-order valence-electron chi connectivity index (χ0n) is 7.63. The van der Waals surface area contributed by atoms with Gasteiger partial charge in [-0.3, -0.25) is 4.79 Å². The van der Waals surface area contributed by atoms with Gasteiger partial charge in [0.15, 0.2) is 12.4 Å². The third-order valence-electron chi connectivity index (χ3n) is 2.04. The van der Waals surface area contributed by atoms with Crippen molar-refractivity contribution in [2.24, 2.45) is 0 Å². The molecule has 1 heterocycles. The largest absolute Gasteiger partial charge is 0.298 e. The van der Waals surface area contributed by atoms with Crippen molar-refractivity contribution in [1.29, 1.82) is 0 Å². The van der Waals surface area contributed by atoms with Crippen LogP contribution in [0.15, 0.2) is 54.9 Å². The van der Waals surface area contributed by atoms with Gasteiger partial charge in [0.25, 0.3) is 0 Å². The van der Waals surface area contributed by atoms with E-state index in [4.69, 9.17) is 0 Å². The average Bonchev–Trinajstić information content (AvgIpc) is 2.30. The zero-order chi connectivity index (χ0) is 9.80. The van der Waals surface area contributed by atoms with E-state index in [9.17, 15) is 4.79 Å². The second-order valence-corrected chi connectivity index (χ2v) is 2.99. The van der Waals surface area contributed by atoms with Gasteiger partial charge in [-0.25, -0.2) is 0 Å². The molecule has 0 fully saturated rings. The molecule has 68 valence electrons. The van der Waals surface area contributed by atoms with E-state index in [0.29, 0.717) is 5.56 Å². The Bertz CT molecular complexity index is 420. The van der Waals surface area contributed by atoms with Crippen LogP contribution in [0.2, 0.25) is 0 Å². The molecule has 0 bridgehead atoms. The van der Waals surface area contributed by atoms with Gasteiger partial charge in [0.05, 0.1) is 0 Å². The number of nitrogens with zero attached hydrogens (tertiary/aromatic N) is 1. The van der Waals surface area contributed by atoms with E-state index < -0.39 is 0 Å². The molecule has 0 spiro atoms. The lowest BCUT2D eigenvalue weighted by Crippen LogP contribution is -2.28. The van der Waals surface area contributed by atoms with Crippen LogP contribution in [0.3, 0.4) is 0 Å². The van der Waals surface area contributed by atoms with E-state index in [1.807, 2.05) is 59.4 Å². The van der Waals surface area contributed by atoms with E-state index in [-0.39, 0.29) is 0 Å². The predicted molar refractivity (Wildman–Crippen MR) is 53.4 cm³/mol. The maximum absolute atomic E-state index is 10.4. The first-order valence-corrected chi connectivity index (χ1v) is 4.42. The Morgan fingerprint density at radius 2 is 1.57 bits per heavy atom. The number of carbonyl (C=O) groups is 1. The van der Waals surface area contributed by atoms with Crippen LogP contribution in [0.4, 0.5) is 0 Å². The summed E-state index contributed by atoms with van der Waals surface area (Å²) in [5.41, 5.74) is 1.75. The smallest absolute Gasteiger partial charge is 0.210 e. The number of hydrogen-bond acceptors (Lipinski definition) is 1. The van der Waals surface area contributed by atoms with E-state index in [2.05, 4.69) is 0 Å². The normalized spacial score (nSPS) is 9.71. The molecule has 0 amide bonds. The second-order valence-electron chi connectivity index (χ2n) is 2.99. The SMILES string of the molecule is O=Cc1ccc(-[n+]2ccccc2)cc1. The van der Waals surface area contributed by atoms with Gasteiger partial charge in [0, 0.05) is 29.8 Å². The molecular weight excluding hydrogens is 174 g/mol. The Morgan fingerprint density at radius 3 is 2.14 bits per heavy atom. The Morgan fingerprint density at radius 1 is 0.929 bits per heavy atom. The topological polar surface area (TPSA) is 20.9 Å². The van der Waals surface area contributed by atoms with Gasteiger partial charge in [-0.05, 0) is 12.1 Å². The molecule has 14 heavy (non-hydrogen) atoms. The van der Waals surface area contributed by atoms with Gasteiger partial charge in [-0.1, -0.05) is 6.07 Å². The quantitative estimate of drug-likeness (QED) is 0.514. The second kappa shape index (κ2) is 3.83. The molecule has 2 rings (SSSR count). The van der Waals surface area contributed by atoms with Crippen LogP contribution in [-0.2, 0) is 0 Å². The minimum absolute atomic E-state index is 0.699. The molecule has 2 aromatic rings. The van der Waals surface area contributed by atoms with Crippen LogP contribution >= 0.6 is 0 Å². The summed E-state index contributed by atoms with van der Waals surface area (Å²) in [6.45, 7) is 0. The monoisotopic (exact) mass is 184 g/mol. The third-order valence-corrected chi connectivity index (χ3v) is 2.04. The highest BCUT2D eigenvalue weighted by molar-refractivity contribution is 5.74. The summed E-state index contributed by atoms with van der Waals surface area (Å²) in [6, 6.07) is 13.4. The molecule has 0 aliphatic carbocycles. The highest BCUT2D eigenvalue weighted by atomic mass is 16.1. The fourth-order valence-corrected chi connectivity index (χ4v) is 1.30. The van der Waals surface area contributed by atoms with Gasteiger partial charge in [-0.2, -0.15) is 4.57 Å². The highest BCUT2D eigenvalue weighted by Gasteiger charge is 2.02. The first kappa shape index (κ1) is 8.63. The summed E-state index contributed by atoms with van der Waals surface area (Å²) in [5.74, 6) is 0. The van der Waals surface area contributed by atoms with Crippen molar-refractivity contribution in [2.45, 2.75) is 0 Å². The van der Waals surface area contributed by atoms with Crippen LogP contribution in [0.1, 0.15) is 10.4 Å². The summed E-state index contributed by atoms with van der Waals surface area (Å²) < 4.78 is 1.99. The van der Waals surface area contributed by atoms with E-state index in [1.54, 1.807) is 0 Å². The Labute approximate surface area is 82.4 Å². The molecule has 2 heteroatoms. The fraction of sp³-hybridized carbons (Fsp3) is 0. The number of pyridine rings is 1. The molecule has 0 atom stereocenters. The van der Waals surface area contributed by atoms with Gasteiger partial charge in [-0.15, -0.1) is 0 Å². The average molecular weight is 184 g/mol. The molecule has 0 saturated heterocycles. The van der Waals surface area contributed by atoms with Crippen molar-refractivity contribution in [3.63, 3.8) is 0 Å². The fourth-order valence-electron chi connectivity index (χ4n) is 1.30. The van der Waals surface area contributed by atoms with Crippen LogP contribution in [-0.4, -0.2) is 6.29 Å². The van der Waals surface area contributed by atoms with E-state index >= 15 is 0 Å². The lowest BCUT2D eigenvalue weighted by molar-refractivity contribution is -0.595. The van der Waals surface area contributed by atoms with Gasteiger partial charge in [0.2, 0.25) is 5.69 Å². The standard InChI is InChI=1S/C12H10NO/c14-10-11-4-6-12(7-5-11)13-8-2-1-3-9-13/h1-10H/q+1. The van der Waals surface area contributed by atoms with Crippen molar-refractivity contribution >= 4 is 6.29 Å². The van der Waals surface area contributed by atoms with Gasteiger partial charge in [0.1, 0.15) is 6.29 Å². The third kappa shape index (κ3) is 1.69. The van der Waals surface area contributed by atoms with Gasteiger partial charge < -0.3 is 0 Å². The molecular formula is C12H10NO+. The first-order valence-electron chi connectivity index (χ1n) is 4.42. The Kier molecular flexibility index (Phi) is 2.36. The number of aldehydes is 1. The minimum Gasteiger partial charge on any atom is -0.298 e. The number of rotatable bonds is 2. The van der Waals surface area contributed by atoms with E-state index in [1.165, 1.54) is 0 Å². The van der Waals surface area contributed by atoms with Gasteiger partial charge >= 0.3 is 0 Å². The maximum atomic E-state index is 10.4. The summed E-state index contributed by atoms with van der Waals surface area (Å²) in [7, 11) is 0. The summed E-state index contributed by atoms with van der Waals surface area (Å²) in [6.07, 6.45) is 4.78. The molecule has 0 unspecified atom stereocenters. The maximum Gasteiger partial charge on any atom is 0.210 e. The summed E-state index contributed by atoms with van der Waals surface area (Å²) >= 11 is 0. The summed E-state index contributed by atoms with van der Waals surface area (Å²) in [5, 5.41) is 0. The first-order chi connectivity index (χ1) is 6.90. The molecule has 0 radical (unpaired) electrons. The zero-order valence-corrected chi connectivity index (χ0v) is 7.63.